The van der Waals surface area contributed by atoms with Crippen LogP contribution in [0.2, 0.25) is 0 Å². The summed E-state index contributed by atoms with van der Waals surface area (Å²) in [6, 6.07) is 0.494. The van der Waals surface area contributed by atoms with E-state index in [1.807, 2.05) is 0 Å². The van der Waals surface area contributed by atoms with Gasteiger partial charge in [0, 0.05) is 23.3 Å². The first-order chi connectivity index (χ1) is 15.8. The highest BCUT2D eigenvalue weighted by molar-refractivity contribution is 7.88. The molecule has 0 spiro atoms. The lowest BCUT2D eigenvalue weighted by Crippen LogP contribution is -2.56. The van der Waals surface area contributed by atoms with Crippen LogP contribution in [-0.2, 0) is 22.9 Å². The molecule has 6 aliphatic carbocycles. The molecule has 1 atom stereocenters. The Bertz CT molecular complexity index is 999. The van der Waals surface area contributed by atoms with Gasteiger partial charge in [0.2, 0.25) is 10.0 Å². The highest BCUT2D eigenvalue weighted by atomic mass is 32.2. The maximum absolute atomic E-state index is 13.7. The molecule has 2 N–H and O–H groups in total. The van der Waals surface area contributed by atoms with E-state index in [0.29, 0.717) is 30.0 Å². The van der Waals surface area contributed by atoms with E-state index in [1.54, 1.807) is 0 Å². The number of hydrogen-bond donors (Lipinski definition) is 2. The zero-order valence-corrected chi connectivity index (χ0v) is 20.6. The second-order valence-corrected chi connectivity index (χ2v) is 13.5. The summed E-state index contributed by atoms with van der Waals surface area (Å²) >= 11 is 0. The Balaban J connectivity index is 1.28. The van der Waals surface area contributed by atoms with Crippen LogP contribution in [0, 0.1) is 23.7 Å². The van der Waals surface area contributed by atoms with E-state index in [9.17, 15) is 13.2 Å². The highest BCUT2D eigenvalue weighted by Crippen LogP contribution is 2.53. The van der Waals surface area contributed by atoms with Crippen LogP contribution in [-0.4, -0.2) is 42.4 Å². The van der Waals surface area contributed by atoms with Crippen LogP contribution in [0.3, 0.4) is 0 Å². The zero-order valence-electron chi connectivity index (χ0n) is 19.8. The highest BCUT2D eigenvalue weighted by Gasteiger charge is 2.49. The van der Waals surface area contributed by atoms with Crippen molar-refractivity contribution in [3.05, 3.63) is 17.0 Å². The molecule has 0 aliphatic heterocycles. The average Bonchev–Trinajstić information content (AvgIpc) is 3.14. The summed E-state index contributed by atoms with van der Waals surface area (Å²) in [5, 5.41) is 8.41. The lowest BCUT2D eigenvalue weighted by Gasteiger charge is -2.54. The van der Waals surface area contributed by atoms with Gasteiger partial charge in [0.1, 0.15) is 0 Å². The van der Waals surface area contributed by atoms with Gasteiger partial charge in [-0.1, -0.05) is 19.3 Å². The molecule has 1 unspecified atom stereocenters. The van der Waals surface area contributed by atoms with Crippen molar-refractivity contribution in [1.82, 2.24) is 19.8 Å². The van der Waals surface area contributed by atoms with Crippen molar-refractivity contribution < 1.29 is 13.2 Å². The van der Waals surface area contributed by atoms with Crippen LogP contribution >= 0.6 is 0 Å². The summed E-state index contributed by atoms with van der Waals surface area (Å²) in [6.07, 6.45) is 15.7. The second kappa shape index (κ2) is 8.36. The predicted octanol–water partition coefficient (Wildman–Crippen LogP) is 3.35. The SMILES string of the molecule is CS(=O)(=O)NC1CCc2c(c(C(=O)NC3C4CC5CC(C4)CC3C5)nn2C2CCCCC2)C1. The van der Waals surface area contributed by atoms with Crippen molar-refractivity contribution in [3.63, 3.8) is 0 Å². The van der Waals surface area contributed by atoms with Crippen LogP contribution in [0.5, 0.6) is 0 Å². The van der Waals surface area contributed by atoms with Gasteiger partial charge in [-0.3, -0.25) is 9.48 Å². The van der Waals surface area contributed by atoms with E-state index in [4.69, 9.17) is 5.10 Å². The van der Waals surface area contributed by atoms with Crippen molar-refractivity contribution >= 4 is 15.9 Å². The molecule has 4 bridgehead atoms. The smallest absolute Gasteiger partial charge is 0.272 e. The number of rotatable bonds is 5. The largest absolute Gasteiger partial charge is 0.347 e. The molecule has 8 heteroatoms. The number of hydrogen-bond acceptors (Lipinski definition) is 4. The Morgan fingerprint density at radius 1 is 0.970 bits per heavy atom. The number of amides is 1. The number of carbonyl (C=O) groups is 1. The van der Waals surface area contributed by atoms with Gasteiger partial charge < -0.3 is 5.32 Å². The third-order valence-electron chi connectivity index (χ3n) is 9.34. The van der Waals surface area contributed by atoms with Crippen molar-refractivity contribution in [2.75, 3.05) is 6.26 Å². The summed E-state index contributed by atoms with van der Waals surface area (Å²) in [4.78, 5) is 13.7. The fourth-order valence-corrected chi connectivity index (χ4v) is 9.04. The van der Waals surface area contributed by atoms with Crippen LogP contribution < -0.4 is 10.0 Å². The molecule has 1 heterocycles. The minimum atomic E-state index is -3.29. The molecule has 33 heavy (non-hydrogen) atoms. The molecule has 182 valence electrons. The Kier molecular flexibility index (Phi) is 5.60. The van der Waals surface area contributed by atoms with E-state index >= 15 is 0 Å². The molecule has 1 aromatic rings. The van der Waals surface area contributed by atoms with Crippen LogP contribution in [0.1, 0.15) is 98.4 Å². The lowest BCUT2D eigenvalue weighted by molar-refractivity contribution is -0.0120. The van der Waals surface area contributed by atoms with Gasteiger partial charge in [-0.25, -0.2) is 13.1 Å². The molecule has 1 amide bonds. The Labute approximate surface area is 197 Å². The Morgan fingerprint density at radius 3 is 2.27 bits per heavy atom. The van der Waals surface area contributed by atoms with Crippen LogP contribution in [0.15, 0.2) is 0 Å². The molecule has 6 aliphatic rings. The minimum Gasteiger partial charge on any atom is -0.347 e. The first kappa shape index (κ1) is 22.1. The predicted molar refractivity (Wildman–Crippen MR) is 126 cm³/mol. The number of nitrogens with zero attached hydrogens (tertiary/aromatic N) is 2. The minimum absolute atomic E-state index is 0.0294. The van der Waals surface area contributed by atoms with Crippen molar-refractivity contribution in [2.45, 2.75) is 102 Å². The van der Waals surface area contributed by atoms with Gasteiger partial charge in [-0.15, -0.1) is 0 Å². The molecular weight excluding hydrogens is 436 g/mol. The molecule has 0 saturated heterocycles. The van der Waals surface area contributed by atoms with Gasteiger partial charge in [-0.05, 0) is 87.9 Å². The van der Waals surface area contributed by atoms with Crippen molar-refractivity contribution in [2.24, 2.45) is 23.7 Å². The Hall–Kier alpha value is -1.41. The van der Waals surface area contributed by atoms with E-state index < -0.39 is 10.0 Å². The first-order valence-electron chi connectivity index (χ1n) is 13.2. The van der Waals surface area contributed by atoms with E-state index in [0.717, 1.165) is 43.1 Å². The summed E-state index contributed by atoms with van der Waals surface area (Å²) in [6.45, 7) is 0. The van der Waals surface area contributed by atoms with Gasteiger partial charge in [0.25, 0.3) is 5.91 Å². The zero-order chi connectivity index (χ0) is 22.7. The fourth-order valence-electron chi connectivity index (χ4n) is 8.24. The van der Waals surface area contributed by atoms with Crippen LogP contribution in [0.25, 0.3) is 0 Å². The van der Waals surface area contributed by atoms with Crippen molar-refractivity contribution in [1.29, 1.82) is 0 Å². The topological polar surface area (TPSA) is 93.1 Å². The summed E-state index contributed by atoms with van der Waals surface area (Å²) < 4.78 is 28.7. The third kappa shape index (κ3) is 4.26. The quantitative estimate of drug-likeness (QED) is 0.684. The van der Waals surface area contributed by atoms with Crippen molar-refractivity contribution in [3.8, 4) is 0 Å². The number of nitrogens with one attached hydrogen (secondary N) is 2. The monoisotopic (exact) mass is 474 g/mol. The molecule has 5 saturated carbocycles. The maximum atomic E-state index is 13.7. The fraction of sp³-hybridized carbons (Fsp3) is 0.840. The summed E-state index contributed by atoms with van der Waals surface area (Å²) in [5.41, 5.74) is 2.71. The number of carbonyl (C=O) groups excluding carboxylic acids is 1. The van der Waals surface area contributed by atoms with E-state index in [2.05, 4.69) is 14.7 Å². The van der Waals surface area contributed by atoms with Gasteiger partial charge in [-0.2, -0.15) is 5.10 Å². The number of aromatic nitrogens is 2. The van der Waals surface area contributed by atoms with Gasteiger partial charge in [0.05, 0.1) is 12.3 Å². The number of fused-ring (bicyclic) bond motifs is 1. The van der Waals surface area contributed by atoms with Crippen LogP contribution in [0.4, 0.5) is 0 Å². The Morgan fingerprint density at radius 2 is 1.64 bits per heavy atom. The molecule has 0 radical (unpaired) electrons. The third-order valence-corrected chi connectivity index (χ3v) is 10.1. The van der Waals surface area contributed by atoms with E-state index in [-0.39, 0.29) is 18.0 Å². The lowest BCUT2D eigenvalue weighted by atomic mass is 9.54. The summed E-state index contributed by atoms with van der Waals surface area (Å²) in [7, 11) is -3.29. The standard InChI is InChI=1S/C25H38N4O3S/c1-33(31,32)28-19-7-8-22-21(14-19)24(27-29(22)20-5-3-2-4-6-20)25(30)26-23-17-10-15-9-16(12-17)13-18(23)11-15/h15-20,23,28H,2-14H2,1H3,(H,26,30). The molecular formula is C25H38N4O3S. The molecule has 0 aromatic carbocycles. The molecule has 1 aromatic heterocycles. The summed E-state index contributed by atoms with van der Waals surface area (Å²) in [5.74, 6) is 2.98. The normalized spacial score (nSPS) is 36.0. The second-order valence-electron chi connectivity index (χ2n) is 11.8. The first-order valence-corrected chi connectivity index (χ1v) is 15.1. The van der Waals surface area contributed by atoms with Gasteiger partial charge in [0.15, 0.2) is 5.69 Å². The van der Waals surface area contributed by atoms with E-state index in [1.165, 1.54) is 63.3 Å². The molecule has 7 rings (SSSR count). The number of sulfonamides is 1. The molecule has 7 nitrogen and oxygen atoms in total. The average molecular weight is 475 g/mol. The maximum Gasteiger partial charge on any atom is 0.272 e. The molecule has 5 fully saturated rings. The van der Waals surface area contributed by atoms with Gasteiger partial charge >= 0.3 is 0 Å².